The molecule has 0 unspecified atom stereocenters. The lowest BCUT2D eigenvalue weighted by Crippen LogP contribution is -1.85. The highest BCUT2D eigenvalue weighted by molar-refractivity contribution is 5.82. The number of hydrogen-bond donors (Lipinski definition) is 0. The van der Waals surface area contributed by atoms with Gasteiger partial charge in [0.05, 0.1) is 6.67 Å². The molecular formula is C12H11F. The molecule has 2 rings (SSSR count). The molecule has 0 fully saturated rings. The van der Waals surface area contributed by atoms with Gasteiger partial charge in [0.1, 0.15) is 0 Å². The van der Waals surface area contributed by atoms with Gasteiger partial charge in [-0.15, -0.1) is 0 Å². The molecule has 0 atom stereocenters. The van der Waals surface area contributed by atoms with Crippen LogP contribution in [-0.4, -0.2) is 6.67 Å². The summed E-state index contributed by atoms with van der Waals surface area (Å²) in [5.41, 5.74) is 1.07. The summed E-state index contributed by atoms with van der Waals surface area (Å²) in [6.07, 6.45) is 0.519. The molecule has 0 heterocycles. The summed E-state index contributed by atoms with van der Waals surface area (Å²) >= 11 is 0. The number of alkyl halides is 1. The Hall–Kier alpha value is -1.37. The molecule has 2 aromatic rings. The minimum Gasteiger partial charge on any atom is -0.251 e. The van der Waals surface area contributed by atoms with Gasteiger partial charge in [0.15, 0.2) is 0 Å². The first-order valence-corrected chi connectivity index (χ1v) is 4.44. The van der Waals surface area contributed by atoms with E-state index in [4.69, 9.17) is 0 Å². The van der Waals surface area contributed by atoms with Crippen LogP contribution in [0.2, 0.25) is 0 Å². The molecule has 0 amide bonds. The summed E-state index contributed by atoms with van der Waals surface area (Å²) in [4.78, 5) is 0. The largest absolute Gasteiger partial charge is 0.251 e. The van der Waals surface area contributed by atoms with E-state index in [0.29, 0.717) is 6.42 Å². The smallest absolute Gasteiger partial charge is 0.0934 e. The van der Waals surface area contributed by atoms with Gasteiger partial charge in [-0.3, -0.25) is 4.39 Å². The maximum atomic E-state index is 12.1. The lowest BCUT2D eigenvalue weighted by Gasteiger charge is -2.00. The number of halogens is 1. The van der Waals surface area contributed by atoms with Crippen molar-refractivity contribution in [3.05, 3.63) is 48.0 Å². The normalized spacial score (nSPS) is 10.5. The van der Waals surface area contributed by atoms with Crippen molar-refractivity contribution in [2.45, 2.75) is 6.42 Å². The maximum absolute atomic E-state index is 12.1. The predicted octanol–water partition coefficient (Wildman–Crippen LogP) is 3.35. The van der Waals surface area contributed by atoms with Crippen LogP contribution < -0.4 is 0 Å². The van der Waals surface area contributed by atoms with Crippen LogP contribution in [0.5, 0.6) is 0 Å². The summed E-state index contributed by atoms with van der Waals surface area (Å²) < 4.78 is 12.1. The fourth-order valence-electron chi connectivity index (χ4n) is 1.50. The van der Waals surface area contributed by atoms with E-state index < -0.39 is 0 Å². The van der Waals surface area contributed by atoms with E-state index in [1.807, 2.05) is 24.3 Å². The van der Waals surface area contributed by atoms with Crippen molar-refractivity contribution >= 4 is 10.8 Å². The Morgan fingerprint density at radius 2 is 1.69 bits per heavy atom. The summed E-state index contributed by atoms with van der Waals surface area (Å²) in [5.74, 6) is 0. The molecule has 13 heavy (non-hydrogen) atoms. The molecule has 0 aliphatic carbocycles. The van der Waals surface area contributed by atoms with E-state index >= 15 is 0 Å². The average Bonchev–Trinajstić information content (AvgIpc) is 2.18. The van der Waals surface area contributed by atoms with Crippen LogP contribution in [0.1, 0.15) is 5.56 Å². The lowest BCUT2D eigenvalue weighted by molar-refractivity contribution is 0.495. The molecule has 0 aliphatic rings. The first-order chi connectivity index (χ1) is 6.40. The van der Waals surface area contributed by atoms with E-state index in [1.165, 1.54) is 10.8 Å². The Labute approximate surface area is 77.0 Å². The predicted molar refractivity (Wildman–Crippen MR) is 53.6 cm³/mol. The van der Waals surface area contributed by atoms with Gasteiger partial charge in [-0.05, 0) is 16.3 Å². The maximum Gasteiger partial charge on any atom is 0.0934 e. The van der Waals surface area contributed by atoms with Crippen molar-refractivity contribution in [1.82, 2.24) is 0 Å². The number of fused-ring (bicyclic) bond motifs is 1. The molecule has 0 spiro atoms. The fraction of sp³-hybridized carbons (Fsp3) is 0.167. The first kappa shape index (κ1) is 8.24. The van der Waals surface area contributed by atoms with Crippen LogP contribution in [0.15, 0.2) is 42.5 Å². The van der Waals surface area contributed by atoms with E-state index in [-0.39, 0.29) is 6.67 Å². The molecule has 0 aromatic heterocycles. The van der Waals surface area contributed by atoms with Gasteiger partial charge in [-0.1, -0.05) is 42.5 Å². The molecule has 0 saturated heterocycles. The van der Waals surface area contributed by atoms with E-state index in [1.54, 1.807) is 0 Å². The second-order valence-electron chi connectivity index (χ2n) is 3.12. The summed E-state index contributed by atoms with van der Waals surface area (Å²) in [5, 5.41) is 2.40. The van der Waals surface area contributed by atoms with Crippen molar-refractivity contribution in [2.75, 3.05) is 6.67 Å². The molecule has 1 heteroatoms. The van der Waals surface area contributed by atoms with Crippen LogP contribution in [0.25, 0.3) is 10.8 Å². The topological polar surface area (TPSA) is 0 Å². The quantitative estimate of drug-likeness (QED) is 0.653. The van der Waals surface area contributed by atoms with E-state index in [2.05, 4.69) is 18.2 Å². The Kier molecular flexibility index (Phi) is 2.26. The standard InChI is InChI=1S/C12H11F/c13-8-7-10-5-6-11-3-1-2-4-12(11)9-10/h1-6,9H,7-8H2/i13-1. The minimum atomic E-state index is -0.279. The van der Waals surface area contributed by atoms with E-state index in [9.17, 15) is 4.39 Å². The van der Waals surface area contributed by atoms with Crippen LogP contribution in [0, 0.1) is 0 Å². The third kappa shape index (κ3) is 1.69. The summed E-state index contributed by atoms with van der Waals surface area (Å²) in [6.45, 7) is -0.279. The Morgan fingerprint density at radius 1 is 0.923 bits per heavy atom. The third-order valence-electron chi connectivity index (χ3n) is 2.20. The molecule has 2 aromatic carbocycles. The molecular weight excluding hydrogens is 162 g/mol. The van der Waals surface area contributed by atoms with Crippen molar-refractivity contribution in [1.29, 1.82) is 0 Å². The van der Waals surface area contributed by atoms with Gasteiger partial charge in [-0.25, -0.2) is 0 Å². The number of rotatable bonds is 2. The summed E-state index contributed by atoms with van der Waals surface area (Å²) in [6, 6.07) is 14.2. The number of benzene rings is 2. The zero-order valence-electron chi connectivity index (χ0n) is 7.33. The van der Waals surface area contributed by atoms with Gasteiger partial charge >= 0.3 is 0 Å². The minimum absolute atomic E-state index is 0.279. The third-order valence-corrected chi connectivity index (χ3v) is 2.20. The zero-order chi connectivity index (χ0) is 9.10. The zero-order valence-corrected chi connectivity index (χ0v) is 7.33. The molecule has 0 bridgehead atoms. The highest BCUT2D eigenvalue weighted by Gasteiger charge is 1.94. The number of hydrogen-bond acceptors (Lipinski definition) is 0. The highest BCUT2D eigenvalue weighted by Crippen LogP contribution is 2.15. The van der Waals surface area contributed by atoms with Gasteiger partial charge in [0.25, 0.3) is 0 Å². The summed E-state index contributed by atoms with van der Waals surface area (Å²) in [7, 11) is 0. The first-order valence-electron chi connectivity index (χ1n) is 4.44. The van der Waals surface area contributed by atoms with Crippen molar-refractivity contribution in [2.24, 2.45) is 0 Å². The molecule has 0 saturated carbocycles. The molecule has 0 N–H and O–H groups in total. The van der Waals surface area contributed by atoms with Crippen molar-refractivity contribution < 1.29 is 4.39 Å². The van der Waals surface area contributed by atoms with Crippen molar-refractivity contribution in [3.63, 3.8) is 0 Å². The van der Waals surface area contributed by atoms with Gasteiger partial charge < -0.3 is 0 Å². The molecule has 0 aliphatic heterocycles. The van der Waals surface area contributed by atoms with Crippen LogP contribution in [0.3, 0.4) is 0 Å². The van der Waals surface area contributed by atoms with Crippen LogP contribution in [0.4, 0.5) is 4.39 Å². The lowest BCUT2D eigenvalue weighted by atomic mass is 10.1. The van der Waals surface area contributed by atoms with E-state index in [0.717, 1.165) is 5.56 Å². The Morgan fingerprint density at radius 3 is 2.46 bits per heavy atom. The monoisotopic (exact) mass is 173 g/mol. The second-order valence-corrected chi connectivity index (χ2v) is 3.12. The number of aryl methyl sites for hydroxylation is 1. The van der Waals surface area contributed by atoms with Crippen molar-refractivity contribution in [3.8, 4) is 0 Å². The highest BCUT2D eigenvalue weighted by atomic mass is 18.2. The molecule has 0 radical (unpaired) electrons. The fourth-order valence-corrected chi connectivity index (χ4v) is 1.50. The second kappa shape index (κ2) is 3.56. The van der Waals surface area contributed by atoms with Gasteiger partial charge in [0, 0.05) is 6.42 Å². The average molecular weight is 173 g/mol. The van der Waals surface area contributed by atoms with Gasteiger partial charge in [-0.2, -0.15) is 0 Å². The Bertz CT molecular complexity index is 407. The van der Waals surface area contributed by atoms with Gasteiger partial charge in [0.2, 0.25) is 0 Å². The molecule has 66 valence electrons. The van der Waals surface area contributed by atoms with Crippen LogP contribution >= 0.6 is 0 Å². The Balaban J connectivity index is 2.49. The van der Waals surface area contributed by atoms with Crippen LogP contribution in [-0.2, 0) is 6.42 Å². The SMILES string of the molecule is [18F]CCc1ccc2ccccc2c1. The molecule has 0 nitrogen and oxygen atoms in total.